The molecule has 0 bridgehead atoms. The van der Waals surface area contributed by atoms with E-state index in [1.54, 1.807) is 0 Å². The third-order valence-electron chi connectivity index (χ3n) is 3.77. The van der Waals surface area contributed by atoms with Crippen LogP contribution in [-0.4, -0.2) is 18.0 Å². The van der Waals surface area contributed by atoms with Gasteiger partial charge in [-0.15, -0.1) is 0 Å². The molecule has 1 fully saturated rings. The zero-order chi connectivity index (χ0) is 13.7. The number of benzene rings is 1. The Kier molecular flexibility index (Phi) is 4.93. The van der Waals surface area contributed by atoms with Crippen molar-refractivity contribution >= 4 is 5.91 Å². The van der Waals surface area contributed by atoms with Crippen LogP contribution in [0.15, 0.2) is 30.3 Å². The Morgan fingerprint density at radius 2 is 1.84 bits per heavy atom. The molecule has 1 atom stereocenters. The summed E-state index contributed by atoms with van der Waals surface area (Å²) < 4.78 is 0. The second kappa shape index (κ2) is 6.68. The molecule has 4 nitrogen and oxygen atoms in total. The van der Waals surface area contributed by atoms with E-state index >= 15 is 0 Å². The van der Waals surface area contributed by atoms with Gasteiger partial charge in [-0.3, -0.25) is 4.79 Å². The van der Waals surface area contributed by atoms with Gasteiger partial charge < -0.3 is 16.8 Å². The Balaban J connectivity index is 1.78. The maximum absolute atomic E-state index is 12.0. The molecule has 1 aliphatic carbocycles. The summed E-state index contributed by atoms with van der Waals surface area (Å²) in [4.78, 5) is 12.0. The molecule has 1 amide bonds. The monoisotopic (exact) mass is 261 g/mol. The van der Waals surface area contributed by atoms with Crippen LogP contribution in [0.5, 0.6) is 0 Å². The lowest BCUT2D eigenvalue weighted by atomic mass is 9.91. The largest absolute Gasteiger partial charge is 0.353 e. The van der Waals surface area contributed by atoms with E-state index in [4.69, 9.17) is 11.5 Å². The molecule has 19 heavy (non-hydrogen) atoms. The zero-order valence-electron chi connectivity index (χ0n) is 11.2. The molecule has 1 unspecified atom stereocenters. The van der Waals surface area contributed by atoms with Crippen molar-refractivity contribution in [1.29, 1.82) is 0 Å². The highest BCUT2D eigenvalue weighted by Crippen LogP contribution is 2.18. The van der Waals surface area contributed by atoms with E-state index in [0.717, 1.165) is 31.2 Å². The van der Waals surface area contributed by atoms with Gasteiger partial charge in [0.2, 0.25) is 5.91 Å². The van der Waals surface area contributed by atoms with E-state index in [1.165, 1.54) is 0 Å². The van der Waals surface area contributed by atoms with Crippen LogP contribution in [0.2, 0.25) is 0 Å². The van der Waals surface area contributed by atoms with Crippen molar-refractivity contribution in [2.75, 3.05) is 0 Å². The molecule has 0 radical (unpaired) electrons. The molecule has 0 aliphatic heterocycles. The fraction of sp³-hybridized carbons (Fsp3) is 0.533. The Morgan fingerprint density at radius 3 is 2.47 bits per heavy atom. The number of carbonyl (C=O) groups excluding carboxylic acids is 1. The first-order valence-corrected chi connectivity index (χ1v) is 7.00. The van der Waals surface area contributed by atoms with Gasteiger partial charge in [-0.1, -0.05) is 30.3 Å². The molecule has 0 saturated heterocycles. The van der Waals surface area contributed by atoms with Gasteiger partial charge in [0.15, 0.2) is 0 Å². The van der Waals surface area contributed by atoms with Gasteiger partial charge in [0.05, 0.1) is 0 Å². The summed E-state index contributed by atoms with van der Waals surface area (Å²) >= 11 is 0. The number of hydrogen-bond donors (Lipinski definition) is 3. The lowest BCUT2D eigenvalue weighted by molar-refractivity contribution is -0.122. The number of hydrogen-bond acceptors (Lipinski definition) is 3. The van der Waals surface area contributed by atoms with Crippen LogP contribution in [0.1, 0.15) is 43.7 Å². The lowest BCUT2D eigenvalue weighted by Crippen LogP contribution is -2.41. The first-order chi connectivity index (χ1) is 9.15. The summed E-state index contributed by atoms with van der Waals surface area (Å²) in [5, 5.41) is 3.07. The van der Waals surface area contributed by atoms with Crippen molar-refractivity contribution in [3.8, 4) is 0 Å². The van der Waals surface area contributed by atoms with Gasteiger partial charge in [0.1, 0.15) is 0 Å². The lowest BCUT2D eigenvalue weighted by Gasteiger charge is -2.27. The Morgan fingerprint density at radius 1 is 1.21 bits per heavy atom. The Labute approximate surface area is 114 Å². The predicted molar refractivity (Wildman–Crippen MR) is 76.4 cm³/mol. The third-order valence-corrected chi connectivity index (χ3v) is 3.77. The highest BCUT2D eigenvalue weighted by Gasteiger charge is 2.21. The minimum absolute atomic E-state index is 0.0387. The summed E-state index contributed by atoms with van der Waals surface area (Å²) in [5.74, 6) is 0.0387. The summed E-state index contributed by atoms with van der Waals surface area (Å²) in [7, 11) is 0. The number of amides is 1. The van der Waals surface area contributed by atoms with Crippen LogP contribution in [0, 0.1) is 0 Å². The molecule has 5 N–H and O–H groups in total. The van der Waals surface area contributed by atoms with Crippen LogP contribution >= 0.6 is 0 Å². The first-order valence-electron chi connectivity index (χ1n) is 7.00. The quantitative estimate of drug-likeness (QED) is 0.767. The third kappa shape index (κ3) is 4.33. The molecular formula is C15H23N3O. The van der Waals surface area contributed by atoms with Crippen LogP contribution in [0.25, 0.3) is 0 Å². The number of carbonyl (C=O) groups is 1. The standard InChI is InChI=1S/C15H23N3O/c16-12-6-8-13(9-7-12)18-15(19)10-14(17)11-4-2-1-3-5-11/h1-5,12-14H,6-10,16-17H2,(H,18,19). The molecular weight excluding hydrogens is 238 g/mol. The van der Waals surface area contributed by atoms with E-state index in [0.29, 0.717) is 12.5 Å². The fourth-order valence-corrected chi connectivity index (χ4v) is 2.57. The first kappa shape index (κ1) is 14.0. The van der Waals surface area contributed by atoms with Crippen LogP contribution in [-0.2, 0) is 4.79 Å². The number of nitrogens with two attached hydrogens (primary N) is 2. The average Bonchev–Trinajstić information content (AvgIpc) is 2.42. The number of nitrogens with one attached hydrogen (secondary N) is 1. The van der Waals surface area contributed by atoms with Gasteiger partial charge in [0.25, 0.3) is 0 Å². The van der Waals surface area contributed by atoms with Crippen molar-refractivity contribution in [2.45, 2.75) is 50.2 Å². The second-order valence-electron chi connectivity index (χ2n) is 5.40. The molecule has 1 aliphatic rings. The molecule has 4 heteroatoms. The Hall–Kier alpha value is -1.39. The topological polar surface area (TPSA) is 81.1 Å². The number of rotatable bonds is 4. The molecule has 0 heterocycles. The van der Waals surface area contributed by atoms with Crippen molar-refractivity contribution in [2.24, 2.45) is 11.5 Å². The van der Waals surface area contributed by atoms with Crippen LogP contribution in [0.3, 0.4) is 0 Å². The predicted octanol–water partition coefficient (Wildman–Crippen LogP) is 1.46. The van der Waals surface area contributed by atoms with Gasteiger partial charge >= 0.3 is 0 Å². The van der Waals surface area contributed by atoms with E-state index < -0.39 is 0 Å². The molecule has 0 spiro atoms. The summed E-state index contributed by atoms with van der Waals surface area (Å²) in [6.45, 7) is 0. The SMILES string of the molecule is NC1CCC(NC(=O)CC(N)c2ccccc2)CC1. The molecule has 1 aromatic carbocycles. The molecule has 1 saturated carbocycles. The smallest absolute Gasteiger partial charge is 0.222 e. The van der Waals surface area contributed by atoms with Gasteiger partial charge in [-0.25, -0.2) is 0 Å². The van der Waals surface area contributed by atoms with E-state index in [1.807, 2.05) is 30.3 Å². The summed E-state index contributed by atoms with van der Waals surface area (Å²) in [5.41, 5.74) is 12.9. The van der Waals surface area contributed by atoms with Crippen LogP contribution in [0.4, 0.5) is 0 Å². The van der Waals surface area contributed by atoms with E-state index in [-0.39, 0.29) is 18.0 Å². The van der Waals surface area contributed by atoms with Crippen molar-refractivity contribution < 1.29 is 4.79 Å². The zero-order valence-corrected chi connectivity index (χ0v) is 11.2. The van der Waals surface area contributed by atoms with E-state index in [2.05, 4.69) is 5.32 Å². The molecule has 1 aromatic rings. The van der Waals surface area contributed by atoms with Gasteiger partial charge in [0, 0.05) is 24.5 Å². The molecule has 0 aromatic heterocycles. The summed E-state index contributed by atoms with van der Waals surface area (Å²) in [6.07, 6.45) is 4.29. The van der Waals surface area contributed by atoms with Crippen LogP contribution < -0.4 is 16.8 Å². The van der Waals surface area contributed by atoms with Crippen molar-refractivity contribution in [1.82, 2.24) is 5.32 Å². The normalized spacial score (nSPS) is 24.7. The highest BCUT2D eigenvalue weighted by molar-refractivity contribution is 5.77. The van der Waals surface area contributed by atoms with Crippen molar-refractivity contribution in [3.63, 3.8) is 0 Å². The minimum atomic E-state index is -0.230. The van der Waals surface area contributed by atoms with Gasteiger partial charge in [-0.2, -0.15) is 0 Å². The molecule has 2 rings (SSSR count). The average molecular weight is 261 g/mol. The fourth-order valence-electron chi connectivity index (χ4n) is 2.57. The highest BCUT2D eigenvalue weighted by atomic mass is 16.1. The minimum Gasteiger partial charge on any atom is -0.353 e. The Bertz CT molecular complexity index is 399. The maximum Gasteiger partial charge on any atom is 0.222 e. The molecule has 104 valence electrons. The maximum atomic E-state index is 12.0. The van der Waals surface area contributed by atoms with E-state index in [9.17, 15) is 4.79 Å². The van der Waals surface area contributed by atoms with Gasteiger partial charge in [-0.05, 0) is 31.2 Å². The van der Waals surface area contributed by atoms with Crippen molar-refractivity contribution in [3.05, 3.63) is 35.9 Å². The second-order valence-corrected chi connectivity index (χ2v) is 5.40. The summed E-state index contributed by atoms with van der Waals surface area (Å²) in [6, 6.07) is 10.1.